The number of carbonyl (C=O) groups excluding carboxylic acids is 6. The molecule has 0 bridgehead atoms. The number of amides is 5. The zero-order chi connectivity index (χ0) is 54.7. The average Bonchev–Trinajstić information content (AvgIpc) is 3.36. The summed E-state index contributed by atoms with van der Waals surface area (Å²) in [5.74, 6) is -1.45. The van der Waals surface area contributed by atoms with Gasteiger partial charge in [0.2, 0.25) is 23.6 Å². The molecule has 2 heterocycles. The fourth-order valence-electron chi connectivity index (χ4n) is 8.79. The Hall–Kier alpha value is -3.82. The minimum Gasteiger partial charge on any atom is -0.466 e. The number of hydrogen-bond acceptors (Lipinski definition) is 19. The van der Waals surface area contributed by atoms with Crippen molar-refractivity contribution in [2.45, 2.75) is 210 Å². The molecule has 430 valence electrons. The SMILES string of the molecule is CC(=O)NC1C(OCCCC(=O)NCCCCCCCC(=O)OCCCC(C)(CCCO)CCCOC(=O)NCCCCCCNC(=O)CCCOC2OC(CO)C(O)C(O)C2NC(C)=O)OC(CO)C(O)C1O. The molecular formula is C50H91N5O19. The summed E-state index contributed by atoms with van der Waals surface area (Å²) in [6.45, 7) is 5.83. The van der Waals surface area contributed by atoms with Gasteiger partial charge in [0.1, 0.15) is 48.7 Å². The van der Waals surface area contributed by atoms with Crippen molar-refractivity contribution in [2.75, 3.05) is 65.9 Å². The van der Waals surface area contributed by atoms with Crippen LogP contribution in [-0.2, 0) is 52.4 Å². The largest absolute Gasteiger partial charge is 0.466 e. The number of alkyl carbamates (subject to hydrolysis) is 1. The van der Waals surface area contributed by atoms with Crippen molar-refractivity contribution in [3.63, 3.8) is 0 Å². The molecule has 12 N–H and O–H groups in total. The number of carbonyl (C=O) groups is 6. The molecule has 74 heavy (non-hydrogen) atoms. The van der Waals surface area contributed by atoms with Crippen molar-refractivity contribution < 1.29 is 92.9 Å². The van der Waals surface area contributed by atoms with Crippen molar-refractivity contribution >= 4 is 35.7 Å². The Morgan fingerprint density at radius 1 is 0.486 bits per heavy atom. The Morgan fingerprint density at radius 3 is 1.35 bits per heavy atom. The van der Waals surface area contributed by atoms with Crippen LogP contribution in [0.25, 0.3) is 0 Å². The van der Waals surface area contributed by atoms with Crippen LogP contribution in [0.2, 0.25) is 0 Å². The topological polar surface area (TPSA) is 360 Å². The minimum atomic E-state index is -1.41. The third-order valence-electron chi connectivity index (χ3n) is 13.0. The number of hydrogen-bond donors (Lipinski definition) is 12. The first-order chi connectivity index (χ1) is 35.4. The summed E-state index contributed by atoms with van der Waals surface area (Å²) in [4.78, 5) is 72.3. The summed E-state index contributed by atoms with van der Waals surface area (Å²) in [5.41, 5.74) is -0.115. The quantitative estimate of drug-likeness (QED) is 0.0288. The van der Waals surface area contributed by atoms with Crippen LogP contribution in [0.1, 0.15) is 149 Å². The highest BCUT2D eigenvalue weighted by Gasteiger charge is 2.46. The maximum atomic E-state index is 12.4. The molecule has 0 aromatic heterocycles. The molecule has 24 heteroatoms. The molecule has 0 aromatic rings. The van der Waals surface area contributed by atoms with Gasteiger partial charge in [0.25, 0.3) is 0 Å². The zero-order valence-corrected chi connectivity index (χ0v) is 44.0. The molecule has 24 nitrogen and oxygen atoms in total. The number of nitrogens with one attached hydrogen (secondary N) is 5. The standard InChI is InChI=1S/C50H91N5O19/c1-34(59)54-41-45(66)43(64)36(32-57)73-47(41)70-28-13-18-38(61)51-24-10-6-4-5-9-20-40(63)69-30-16-22-50(3,21-15-27-56)23-17-31-72-49(68)53-26-12-8-7-11-25-52-39(62)19-14-29-71-48-42(55-35(2)60)46(67)44(65)37(33-58)74-48/h36-37,41-48,56-58,64-67H,4-33H2,1-3H3,(H,51,61)(H,52,62)(H,53,68)(H,54,59)(H,55,60). The molecule has 11 unspecified atom stereocenters. The first-order valence-electron chi connectivity index (χ1n) is 26.7. The highest BCUT2D eigenvalue weighted by molar-refractivity contribution is 5.76. The van der Waals surface area contributed by atoms with Crippen LogP contribution in [0.5, 0.6) is 0 Å². The second-order valence-corrected chi connectivity index (χ2v) is 19.6. The summed E-state index contributed by atoms with van der Waals surface area (Å²) in [6.07, 6.45) is 2.61. The molecule has 2 saturated heterocycles. The monoisotopic (exact) mass is 1070 g/mol. The van der Waals surface area contributed by atoms with Crippen molar-refractivity contribution in [3.8, 4) is 0 Å². The Bertz CT molecular complexity index is 1490. The second kappa shape index (κ2) is 38.7. The Labute approximate surface area is 436 Å². The summed E-state index contributed by atoms with van der Waals surface area (Å²) in [6, 6.07) is -2.08. The molecule has 0 spiro atoms. The molecule has 2 fully saturated rings. The smallest absolute Gasteiger partial charge is 0.407 e. The van der Waals surface area contributed by atoms with Crippen LogP contribution in [0.3, 0.4) is 0 Å². The molecule has 11 atom stereocenters. The summed E-state index contributed by atoms with van der Waals surface area (Å²) >= 11 is 0. The van der Waals surface area contributed by atoms with Gasteiger partial charge < -0.3 is 90.8 Å². The van der Waals surface area contributed by atoms with Gasteiger partial charge in [-0.15, -0.1) is 0 Å². The molecule has 0 aliphatic carbocycles. The first kappa shape index (κ1) is 66.3. The van der Waals surface area contributed by atoms with Gasteiger partial charge in [-0.3, -0.25) is 24.0 Å². The van der Waals surface area contributed by atoms with Gasteiger partial charge in [-0.2, -0.15) is 0 Å². The molecule has 0 saturated carbocycles. The Balaban J connectivity index is 1.45. The van der Waals surface area contributed by atoms with E-state index in [1.807, 2.05) is 0 Å². The van der Waals surface area contributed by atoms with Crippen molar-refractivity contribution in [1.29, 1.82) is 0 Å². The highest BCUT2D eigenvalue weighted by Crippen LogP contribution is 2.34. The van der Waals surface area contributed by atoms with E-state index in [2.05, 4.69) is 33.5 Å². The van der Waals surface area contributed by atoms with E-state index in [4.69, 9.17) is 28.4 Å². The lowest BCUT2D eigenvalue weighted by atomic mass is 9.77. The summed E-state index contributed by atoms with van der Waals surface area (Å²) in [7, 11) is 0. The average molecular weight is 1070 g/mol. The predicted molar refractivity (Wildman–Crippen MR) is 266 cm³/mol. The van der Waals surface area contributed by atoms with Gasteiger partial charge in [0.15, 0.2) is 12.6 Å². The fourth-order valence-corrected chi connectivity index (χ4v) is 8.79. The molecule has 2 aliphatic heterocycles. The summed E-state index contributed by atoms with van der Waals surface area (Å²) in [5, 5.41) is 82.8. The molecule has 0 aromatic carbocycles. The number of rotatable bonds is 40. The maximum Gasteiger partial charge on any atom is 0.407 e. The van der Waals surface area contributed by atoms with E-state index in [1.165, 1.54) is 13.8 Å². The lowest BCUT2D eigenvalue weighted by molar-refractivity contribution is -0.270. The molecule has 5 amide bonds. The summed E-state index contributed by atoms with van der Waals surface area (Å²) < 4.78 is 33.2. The lowest BCUT2D eigenvalue weighted by Crippen LogP contribution is -2.64. The van der Waals surface area contributed by atoms with Crippen LogP contribution in [0, 0.1) is 5.41 Å². The van der Waals surface area contributed by atoms with Gasteiger partial charge in [-0.05, 0) is 82.5 Å². The van der Waals surface area contributed by atoms with Crippen molar-refractivity contribution in [3.05, 3.63) is 0 Å². The van der Waals surface area contributed by atoms with Crippen LogP contribution in [0.4, 0.5) is 4.79 Å². The van der Waals surface area contributed by atoms with E-state index in [1.54, 1.807) is 0 Å². The van der Waals surface area contributed by atoms with E-state index in [0.29, 0.717) is 71.2 Å². The zero-order valence-electron chi connectivity index (χ0n) is 44.0. The predicted octanol–water partition coefficient (Wildman–Crippen LogP) is 0.209. The van der Waals surface area contributed by atoms with E-state index in [0.717, 1.165) is 70.6 Å². The fraction of sp³-hybridized carbons (Fsp3) is 0.880. The third kappa shape index (κ3) is 27.8. The van der Waals surface area contributed by atoms with Crippen molar-refractivity contribution in [2.24, 2.45) is 5.41 Å². The van der Waals surface area contributed by atoms with Gasteiger partial charge in [0.05, 0.1) is 39.6 Å². The Morgan fingerprint density at radius 2 is 0.905 bits per heavy atom. The van der Waals surface area contributed by atoms with E-state index in [9.17, 15) is 64.5 Å². The van der Waals surface area contributed by atoms with E-state index in [-0.39, 0.29) is 62.5 Å². The molecule has 2 rings (SSSR count). The number of aliphatic hydroxyl groups excluding tert-OH is 7. The first-order valence-corrected chi connectivity index (χ1v) is 26.7. The van der Waals surface area contributed by atoms with Crippen LogP contribution in [-0.4, -0.2) is 199 Å². The van der Waals surface area contributed by atoms with Crippen molar-refractivity contribution in [1.82, 2.24) is 26.6 Å². The molecular weight excluding hydrogens is 975 g/mol. The number of ether oxygens (including phenoxy) is 6. The van der Waals surface area contributed by atoms with Crippen LogP contribution >= 0.6 is 0 Å². The lowest BCUT2D eigenvalue weighted by Gasteiger charge is -2.42. The normalized spacial score (nSPS) is 24.5. The van der Waals surface area contributed by atoms with Gasteiger partial charge in [-0.25, -0.2) is 4.79 Å². The van der Waals surface area contributed by atoms with Crippen LogP contribution < -0.4 is 26.6 Å². The number of unbranched alkanes of at least 4 members (excludes halogenated alkanes) is 7. The maximum absolute atomic E-state index is 12.4. The van der Waals surface area contributed by atoms with Gasteiger partial charge in [0, 0.05) is 59.4 Å². The highest BCUT2D eigenvalue weighted by atomic mass is 16.7. The van der Waals surface area contributed by atoms with Gasteiger partial charge >= 0.3 is 12.1 Å². The van der Waals surface area contributed by atoms with Gasteiger partial charge in [-0.1, -0.05) is 39.0 Å². The Kier molecular flexibility index (Phi) is 34.7. The third-order valence-corrected chi connectivity index (χ3v) is 13.0. The number of aliphatic hydroxyl groups is 7. The molecule has 2 aliphatic rings. The van der Waals surface area contributed by atoms with Crippen LogP contribution in [0.15, 0.2) is 0 Å². The van der Waals surface area contributed by atoms with E-state index >= 15 is 0 Å². The number of esters is 1. The molecule has 0 radical (unpaired) electrons. The van der Waals surface area contributed by atoms with E-state index < -0.39 is 92.4 Å². The second-order valence-electron chi connectivity index (χ2n) is 19.6. The minimum absolute atomic E-state index is 0.0750.